The molecule has 0 aromatic rings. The van der Waals surface area contributed by atoms with Crippen molar-refractivity contribution in [2.75, 3.05) is 20.7 Å². The van der Waals surface area contributed by atoms with Gasteiger partial charge in [-0.05, 0) is 100 Å². The fourth-order valence-electron chi connectivity index (χ4n) is 10.6. The van der Waals surface area contributed by atoms with Gasteiger partial charge in [0, 0.05) is 57.1 Å². The van der Waals surface area contributed by atoms with Gasteiger partial charge in [0.2, 0.25) is 5.79 Å². The van der Waals surface area contributed by atoms with Crippen LogP contribution in [0.4, 0.5) is 0 Å². The van der Waals surface area contributed by atoms with Crippen molar-refractivity contribution in [3.05, 3.63) is 0 Å². The van der Waals surface area contributed by atoms with Crippen molar-refractivity contribution in [2.24, 2.45) is 28.8 Å². The summed E-state index contributed by atoms with van der Waals surface area (Å²) in [6, 6.07) is -0.172. The van der Waals surface area contributed by atoms with Crippen LogP contribution in [0.1, 0.15) is 154 Å². The molecule has 0 radical (unpaired) electrons. The molecule has 0 aromatic carbocycles. The molecule has 0 spiro atoms. The van der Waals surface area contributed by atoms with Gasteiger partial charge in [-0.15, -0.1) is 0 Å². The Bertz CT molecular complexity index is 1530. The van der Waals surface area contributed by atoms with E-state index in [0.717, 1.165) is 32.2 Å². The number of esters is 1. The first kappa shape index (κ1) is 53.4. The highest BCUT2D eigenvalue weighted by Gasteiger charge is 2.58. The van der Waals surface area contributed by atoms with Gasteiger partial charge in [0.25, 0.3) is 0 Å². The van der Waals surface area contributed by atoms with Crippen LogP contribution in [0.2, 0.25) is 0 Å². The van der Waals surface area contributed by atoms with Crippen LogP contribution in [0.25, 0.3) is 0 Å². The lowest BCUT2D eigenvalue weighted by atomic mass is 9.77. The molecule has 4 N–H and O–H groups in total. The van der Waals surface area contributed by atoms with Gasteiger partial charge in [0.05, 0.1) is 47.8 Å². The highest BCUT2D eigenvalue weighted by molar-refractivity contribution is 5.88. The summed E-state index contributed by atoms with van der Waals surface area (Å²) in [5.41, 5.74) is -2.62. The largest absolute Gasteiger partial charge is 0.459 e. The van der Waals surface area contributed by atoms with E-state index in [2.05, 4.69) is 25.8 Å². The molecule has 0 amide bonds. The first-order valence-corrected chi connectivity index (χ1v) is 24.4. The molecule has 1 aliphatic carbocycles. The van der Waals surface area contributed by atoms with E-state index in [1.165, 1.54) is 14.0 Å². The van der Waals surface area contributed by atoms with Crippen LogP contribution in [0.3, 0.4) is 0 Å². The standard InChI is InChI=1S/C48H86N2O14/c1-15-36-46(12,54)41(51)32(9)39(49-64-47(62-28(4)5)20-17-16-18-21-47)29(6)25-48(55)37(61-44-40(63-48)34(23-30(7)57-44)50(13)22-19-27(2)3)24-35(31(8)43(53)60-36)59-38-26-45(11,56-14)42(52)33(10)58-38/h27-38,40-42,44,51-52,54-55H,15-26H2,1-14H3. The number of hydrogen-bond donors (Lipinski definition) is 4. The summed E-state index contributed by atoms with van der Waals surface area (Å²) in [6.45, 7) is 23.1. The van der Waals surface area contributed by atoms with Crippen molar-refractivity contribution in [3.8, 4) is 0 Å². The molecule has 4 heterocycles. The first-order chi connectivity index (χ1) is 29.9. The van der Waals surface area contributed by atoms with Gasteiger partial charge < -0.3 is 68.1 Å². The number of oxime groups is 1. The number of methoxy groups -OCH3 is 1. The Kier molecular flexibility index (Phi) is 18.2. The maximum atomic E-state index is 14.4. The Morgan fingerprint density at radius 2 is 1.58 bits per heavy atom. The Hall–Kier alpha value is -1.54. The van der Waals surface area contributed by atoms with E-state index < -0.39 is 102 Å². The lowest BCUT2D eigenvalue weighted by Crippen LogP contribution is -2.67. The van der Waals surface area contributed by atoms with Gasteiger partial charge in [0.15, 0.2) is 18.4 Å². The predicted octanol–water partition coefficient (Wildman–Crippen LogP) is 5.82. The molecule has 16 heteroatoms. The molecule has 5 aliphatic rings. The van der Waals surface area contributed by atoms with Crippen LogP contribution < -0.4 is 0 Å². The average Bonchev–Trinajstić information content (AvgIpc) is 3.22. The van der Waals surface area contributed by atoms with Crippen molar-refractivity contribution in [3.63, 3.8) is 0 Å². The number of carbonyl (C=O) groups is 1. The molecule has 16 nitrogen and oxygen atoms in total. The van der Waals surface area contributed by atoms with Gasteiger partial charge in [-0.2, -0.15) is 0 Å². The number of nitrogens with zero attached hydrogens (tertiary/aromatic N) is 2. The fourth-order valence-corrected chi connectivity index (χ4v) is 10.6. The van der Waals surface area contributed by atoms with Gasteiger partial charge in [-0.1, -0.05) is 46.2 Å². The smallest absolute Gasteiger partial charge is 0.311 e. The van der Waals surface area contributed by atoms with E-state index in [9.17, 15) is 25.2 Å². The zero-order valence-electron chi connectivity index (χ0n) is 41.5. The Morgan fingerprint density at radius 1 is 0.906 bits per heavy atom. The Balaban J connectivity index is 1.63. The number of aliphatic hydroxyl groups excluding tert-OH is 2. The molecule has 5 fully saturated rings. The summed E-state index contributed by atoms with van der Waals surface area (Å²) in [5, 5.41) is 53.6. The van der Waals surface area contributed by atoms with E-state index in [4.69, 9.17) is 47.9 Å². The Morgan fingerprint density at radius 3 is 2.19 bits per heavy atom. The summed E-state index contributed by atoms with van der Waals surface area (Å²) in [5.74, 6) is -5.77. The minimum atomic E-state index is -2.04. The lowest BCUT2D eigenvalue weighted by molar-refractivity contribution is -0.418. The van der Waals surface area contributed by atoms with E-state index in [1.54, 1.807) is 34.6 Å². The van der Waals surface area contributed by atoms with E-state index in [1.807, 2.05) is 27.7 Å². The van der Waals surface area contributed by atoms with Crippen molar-refractivity contribution < 1.29 is 68.0 Å². The second kappa shape index (κ2) is 21.8. The lowest BCUT2D eigenvalue weighted by Gasteiger charge is -2.54. The number of likely N-dealkylation sites (N-methyl/N-ethyl adjacent to an activating group) is 1. The molecular weight excluding hydrogens is 829 g/mol. The predicted molar refractivity (Wildman–Crippen MR) is 239 cm³/mol. The highest BCUT2D eigenvalue weighted by atomic mass is 16.8. The van der Waals surface area contributed by atoms with Crippen LogP contribution in [0.5, 0.6) is 0 Å². The molecule has 372 valence electrons. The third-order valence-corrected chi connectivity index (χ3v) is 14.8. The SMILES string of the molecule is CCC1OC(=O)C(C)C(OC2CC(C)(OC)C(O)C(C)O2)CC2OC3OC(C)CC(N(C)CCC(C)C)C3OC2(O)CC(C)C(=NOC2(OC(C)C)CCCCC2)C(C)C(O)C1(C)O. The molecule has 64 heavy (non-hydrogen) atoms. The third-order valence-electron chi connectivity index (χ3n) is 14.8. The Labute approximate surface area is 383 Å². The third kappa shape index (κ3) is 12.2. The molecule has 17 atom stereocenters. The maximum Gasteiger partial charge on any atom is 0.311 e. The van der Waals surface area contributed by atoms with Gasteiger partial charge in [-0.25, -0.2) is 0 Å². The van der Waals surface area contributed by atoms with Crippen molar-refractivity contribution in [1.82, 2.24) is 4.90 Å². The van der Waals surface area contributed by atoms with Crippen molar-refractivity contribution in [2.45, 2.75) is 250 Å². The molecule has 1 saturated carbocycles. The van der Waals surface area contributed by atoms with Crippen LogP contribution in [-0.2, 0) is 47.5 Å². The van der Waals surface area contributed by atoms with Gasteiger partial charge in [-0.3, -0.25) is 4.79 Å². The summed E-state index contributed by atoms with van der Waals surface area (Å²) >= 11 is 0. The van der Waals surface area contributed by atoms with E-state index in [-0.39, 0.29) is 43.9 Å². The molecule has 5 rings (SSSR count). The quantitative estimate of drug-likeness (QED) is 0.104. The van der Waals surface area contributed by atoms with Gasteiger partial charge in [0.1, 0.15) is 30.0 Å². The van der Waals surface area contributed by atoms with Crippen LogP contribution in [-0.4, -0.2) is 154 Å². The summed E-state index contributed by atoms with van der Waals surface area (Å²) in [6.07, 6.45) is -3.44. The number of aliphatic hydroxyl groups is 4. The topological polar surface area (TPSA) is 197 Å². The van der Waals surface area contributed by atoms with Crippen LogP contribution >= 0.6 is 0 Å². The van der Waals surface area contributed by atoms with Crippen molar-refractivity contribution >= 4 is 11.7 Å². The molecule has 4 saturated heterocycles. The molecule has 0 bridgehead atoms. The summed E-state index contributed by atoms with van der Waals surface area (Å²) in [4.78, 5) is 23.2. The van der Waals surface area contributed by atoms with Gasteiger partial charge >= 0.3 is 5.97 Å². The number of carbonyl (C=O) groups excluding carboxylic acids is 1. The summed E-state index contributed by atoms with van der Waals surface area (Å²) in [7, 11) is 3.58. The molecule has 17 unspecified atom stereocenters. The zero-order chi connectivity index (χ0) is 47.5. The second-order valence-electron chi connectivity index (χ2n) is 21.1. The normalized spacial score (nSPS) is 44.6. The van der Waals surface area contributed by atoms with Crippen LogP contribution in [0, 0.1) is 23.7 Å². The zero-order valence-corrected chi connectivity index (χ0v) is 41.5. The van der Waals surface area contributed by atoms with E-state index in [0.29, 0.717) is 30.9 Å². The van der Waals surface area contributed by atoms with Crippen LogP contribution in [0.15, 0.2) is 5.16 Å². The molecule has 0 aromatic heterocycles. The minimum absolute atomic E-state index is 0.0749. The number of rotatable bonds is 12. The number of fused-ring (bicyclic) bond motifs is 2. The maximum absolute atomic E-state index is 14.4. The first-order valence-electron chi connectivity index (χ1n) is 24.4. The van der Waals surface area contributed by atoms with Crippen molar-refractivity contribution in [1.29, 1.82) is 0 Å². The monoisotopic (exact) mass is 915 g/mol. The fraction of sp³-hybridized carbons (Fsp3) is 0.958. The molecular formula is C48H86N2O14. The van der Waals surface area contributed by atoms with E-state index >= 15 is 0 Å². The molecule has 4 aliphatic heterocycles. The minimum Gasteiger partial charge on any atom is -0.459 e. The number of cyclic esters (lactones) is 1. The highest BCUT2D eigenvalue weighted by Crippen LogP contribution is 2.44. The average molecular weight is 915 g/mol. The summed E-state index contributed by atoms with van der Waals surface area (Å²) < 4.78 is 51.7. The number of hydrogen-bond acceptors (Lipinski definition) is 16. The second-order valence-corrected chi connectivity index (χ2v) is 21.1. The number of ether oxygens (including phenoxy) is 8.